The zero-order chi connectivity index (χ0) is 15.5. The van der Waals surface area contributed by atoms with Crippen molar-refractivity contribution < 1.29 is 0 Å². The van der Waals surface area contributed by atoms with Gasteiger partial charge in [-0.1, -0.05) is 72.8 Å². The van der Waals surface area contributed by atoms with Crippen LogP contribution in [-0.4, -0.2) is 12.7 Å². The molecule has 0 bridgehead atoms. The number of benzene rings is 2. The summed E-state index contributed by atoms with van der Waals surface area (Å²) in [6.45, 7) is 0.848. The second kappa shape index (κ2) is 6.05. The number of dihydropyridines is 1. The molecule has 2 heterocycles. The first-order chi connectivity index (χ1) is 11.4. The number of hydrogen-bond acceptors (Lipinski definition) is 2. The molecule has 0 spiro atoms. The lowest BCUT2D eigenvalue weighted by atomic mass is 10.1. The van der Waals surface area contributed by atoms with Gasteiger partial charge in [-0.25, -0.2) is 0 Å². The van der Waals surface area contributed by atoms with Gasteiger partial charge in [0, 0.05) is 17.9 Å². The molecule has 3 nitrogen and oxygen atoms in total. The molecule has 0 radical (unpaired) electrons. The van der Waals surface area contributed by atoms with E-state index in [0.717, 1.165) is 34.8 Å². The molecule has 2 aromatic rings. The first kappa shape index (κ1) is 13.7. The van der Waals surface area contributed by atoms with Crippen LogP contribution in [0.25, 0.3) is 16.7 Å². The third-order valence-electron chi connectivity index (χ3n) is 4.02. The molecule has 1 unspecified atom stereocenters. The summed E-state index contributed by atoms with van der Waals surface area (Å²) in [4.78, 5) is 0. The van der Waals surface area contributed by atoms with Gasteiger partial charge in [-0.2, -0.15) is 0 Å². The molecule has 4 rings (SSSR count). The Labute approximate surface area is 136 Å². The van der Waals surface area contributed by atoms with Crippen molar-refractivity contribution in [2.75, 3.05) is 6.54 Å². The van der Waals surface area contributed by atoms with E-state index in [4.69, 9.17) is 5.32 Å². The third-order valence-corrected chi connectivity index (χ3v) is 4.02. The van der Waals surface area contributed by atoms with Gasteiger partial charge < -0.3 is 16.0 Å². The van der Waals surface area contributed by atoms with Gasteiger partial charge in [0.05, 0.1) is 0 Å². The largest absolute Gasteiger partial charge is 0.658 e. The lowest BCUT2D eigenvalue weighted by molar-refractivity contribution is 0.722. The van der Waals surface area contributed by atoms with Gasteiger partial charge in [0.1, 0.15) is 0 Å². The molecule has 0 aromatic heterocycles. The molecule has 3 heteroatoms. The van der Waals surface area contributed by atoms with E-state index in [1.807, 2.05) is 12.1 Å². The maximum atomic E-state index is 4.94. The van der Waals surface area contributed by atoms with Gasteiger partial charge in [-0.15, -0.1) is 5.70 Å². The van der Waals surface area contributed by atoms with Crippen molar-refractivity contribution in [1.82, 2.24) is 10.6 Å². The lowest BCUT2D eigenvalue weighted by Crippen LogP contribution is -2.32. The summed E-state index contributed by atoms with van der Waals surface area (Å²) in [5.41, 5.74) is 5.49. The first-order valence-corrected chi connectivity index (χ1v) is 7.85. The molecule has 0 fully saturated rings. The molecule has 2 N–H and O–H groups in total. The van der Waals surface area contributed by atoms with Gasteiger partial charge in [-0.3, -0.25) is 0 Å². The molecule has 0 aliphatic carbocycles. The summed E-state index contributed by atoms with van der Waals surface area (Å²) >= 11 is 0. The molecule has 0 saturated carbocycles. The SMILES string of the molecule is C1=CCNC(C2[N-]C(c3ccccc3)=C(c3ccccc3)N2)=C1. The highest BCUT2D eigenvalue weighted by Gasteiger charge is 2.18. The molecule has 2 aromatic carbocycles. The fourth-order valence-corrected chi connectivity index (χ4v) is 2.88. The van der Waals surface area contributed by atoms with Crippen molar-refractivity contribution >= 4 is 11.4 Å². The summed E-state index contributed by atoms with van der Waals surface area (Å²) in [5.74, 6) is 0. The monoisotopic (exact) mass is 300 g/mol. The number of rotatable bonds is 3. The van der Waals surface area contributed by atoms with E-state index >= 15 is 0 Å². The Morgan fingerprint density at radius 1 is 0.870 bits per heavy atom. The molecule has 23 heavy (non-hydrogen) atoms. The Balaban J connectivity index is 1.73. The van der Waals surface area contributed by atoms with E-state index in [0.29, 0.717) is 0 Å². The van der Waals surface area contributed by atoms with Crippen molar-refractivity contribution in [3.05, 3.63) is 101 Å². The molecule has 0 amide bonds. The minimum absolute atomic E-state index is 0.0645. The van der Waals surface area contributed by atoms with E-state index in [2.05, 4.69) is 77.4 Å². The summed E-state index contributed by atoms with van der Waals surface area (Å²) in [5, 5.41) is 11.9. The summed E-state index contributed by atoms with van der Waals surface area (Å²) < 4.78 is 0. The molecule has 1 atom stereocenters. The smallest absolute Gasteiger partial charge is 0.0331 e. The Morgan fingerprint density at radius 2 is 1.57 bits per heavy atom. The summed E-state index contributed by atoms with van der Waals surface area (Å²) in [6, 6.07) is 20.7. The normalized spacial score (nSPS) is 19.7. The maximum Gasteiger partial charge on any atom is 0.0331 e. The van der Waals surface area contributed by atoms with Crippen LogP contribution in [0.2, 0.25) is 0 Å². The van der Waals surface area contributed by atoms with Gasteiger partial charge >= 0.3 is 0 Å². The standard InChI is InChI=1S/C20H18N3/c1-3-9-15(10-4-1)18-19(16-11-5-2-6-12-16)23-20(22-18)17-13-7-8-14-21-17/h1-13,20-22H,14H2/q-1. The van der Waals surface area contributed by atoms with Crippen LogP contribution in [0, 0.1) is 0 Å². The van der Waals surface area contributed by atoms with Crippen molar-refractivity contribution in [3.8, 4) is 0 Å². The highest BCUT2D eigenvalue weighted by atomic mass is 15.2. The van der Waals surface area contributed by atoms with Crippen molar-refractivity contribution in [2.24, 2.45) is 0 Å². The summed E-state index contributed by atoms with van der Waals surface area (Å²) in [7, 11) is 0. The fourth-order valence-electron chi connectivity index (χ4n) is 2.88. The van der Waals surface area contributed by atoms with Gasteiger partial charge in [-0.05, 0) is 23.4 Å². The number of hydrogen-bond donors (Lipinski definition) is 2. The second-order valence-corrected chi connectivity index (χ2v) is 5.56. The molecule has 0 saturated heterocycles. The lowest BCUT2D eigenvalue weighted by Gasteiger charge is -2.31. The minimum Gasteiger partial charge on any atom is -0.658 e. The van der Waals surface area contributed by atoms with Crippen LogP contribution in [0.3, 0.4) is 0 Å². The Bertz CT molecular complexity index is 722. The molecule has 114 valence electrons. The van der Waals surface area contributed by atoms with Crippen LogP contribution in [0.15, 0.2) is 84.6 Å². The Kier molecular flexibility index (Phi) is 3.60. The van der Waals surface area contributed by atoms with Crippen LogP contribution in [0.4, 0.5) is 0 Å². The van der Waals surface area contributed by atoms with Crippen LogP contribution in [0.5, 0.6) is 0 Å². The van der Waals surface area contributed by atoms with Crippen LogP contribution < -0.4 is 10.6 Å². The van der Waals surface area contributed by atoms with Crippen LogP contribution in [-0.2, 0) is 0 Å². The number of allylic oxidation sites excluding steroid dienone is 2. The Morgan fingerprint density at radius 3 is 2.22 bits per heavy atom. The number of nitrogens with zero attached hydrogens (tertiary/aromatic N) is 1. The topological polar surface area (TPSA) is 38.2 Å². The fraction of sp³-hybridized carbons (Fsp3) is 0.100. The predicted molar refractivity (Wildman–Crippen MR) is 95.2 cm³/mol. The van der Waals surface area contributed by atoms with Gasteiger partial charge in [0.2, 0.25) is 0 Å². The molecule has 2 aliphatic heterocycles. The average molecular weight is 300 g/mol. The highest BCUT2D eigenvalue weighted by Crippen LogP contribution is 2.37. The van der Waals surface area contributed by atoms with E-state index in [-0.39, 0.29) is 6.17 Å². The molecular weight excluding hydrogens is 282 g/mol. The predicted octanol–water partition coefficient (Wildman–Crippen LogP) is 3.86. The third kappa shape index (κ3) is 2.73. The van der Waals surface area contributed by atoms with E-state index in [1.54, 1.807) is 0 Å². The maximum absolute atomic E-state index is 4.94. The van der Waals surface area contributed by atoms with Crippen molar-refractivity contribution in [3.63, 3.8) is 0 Å². The molecular formula is C20H18N3-. The summed E-state index contributed by atoms with van der Waals surface area (Å²) in [6.07, 6.45) is 6.19. The quantitative estimate of drug-likeness (QED) is 0.903. The minimum atomic E-state index is -0.0645. The Hall–Kier alpha value is -2.94. The second-order valence-electron chi connectivity index (χ2n) is 5.56. The highest BCUT2D eigenvalue weighted by molar-refractivity contribution is 5.98. The van der Waals surface area contributed by atoms with Crippen molar-refractivity contribution in [2.45, 2.75) is 6.17 Å². The van der Waals surface area contributed by atoms with Gasteiger partial charge in [0.15, 0.2) is 0 Å². The zero-order valence-corrected chi connectivity index (χ0v) is 12.7. The number of nitrogens with one attached hydrogen (secondary N) is 2. The van der Waals surface area contributed by atoms with Crippen LogP contribution in [0.1, 0.15) is 11.1 Å². The van der Waals surface area contributed by atoms with Gasteiger partial charge in [0.25, 0.3) is 0 Å². The average Bonchev–Trinajstić information content (AvgIpc) is 3.09. The zero-order valence-electron chi connectivity index (χ0n) is 12.7. The van der Waals surface area contributed by atoms with E-state index < -0.39 is 0 Å². The molecule has 2 aliphatic rings. The van der Waals surface area contributed by atoms with Crippen molar-refractivity contribution in [1.29, 1.82) is 0 Å². The first-order valence-electron chi connectivity index (χ1n) is 7.85. The van der Waals surface area contributed by atoms with E-state index in [1.165, 1.54) is 0 Å². The van der Waals surface area contributed by atoms with Crippen LogP contribution >= 0.6 is 0 Å². The van der Waals surface area contributed by atoms with E-state index in [9.17, 15) is 0 Å².